The Morgan fingerprint density at radius 3 is 2.75 bits per heavy atom. The Kier molecular flexibility index (Phi) is 5.06. The van der Waals surface area contributed by atoms with E-state index in [9.17, 15) is 4.39 Å². The number of unbranched alkanes of at least 4 members (excludes halogenated alkanes) is 2. The molecule has 0 saturated heterocycles. The second kappa shape index (κ2) is 7.51. The fourth-order valence-electron chi connectivity index (χ4n) is 3.69. The number of aromatic nitrogens is 3. The summed E-state index contributed by atoms with van der Waals surface area (Å²) < 4.78 is 22.2. The zero-order chi connectivity index (χ0) is 19.8. The van der Waals surface area contributed by atoms with E-state index in [2.05, 4.69) is 12.0 Å². The van der Waals surface area contributed by atoms with Gasteiger partial charge in [-0.15, -0.1) is 16.4 Å². The van der Waals surface area contributed by atoms with Crippen molar-refractivity contribution >= 4 is 27.1 Å². The number of hydrogen-bond donors (Lipinski definition) is 0. The van der Waals surface area contributed by atoms with Gasteiger partial charge < -0.3 is 4.74 Å². The van der Waals surface area contributed by atoms with Crippen LogP contribution in [0, 0.1) is 19.7 Å². The molecule has 146 valence electrons. The van der Waals surface area contributed by atoms with Gasteiger partial charge in [-0.1, -0.05) is 19.8 Å². The lowest BCUT2D eigenvalue weighted by Crippen LogP contribution is -2.02. The average molecular weight is 398 g/mol. The van der Waals surface area contributed by atoms with E-state index in [-0.39, 0.29) is 5.82 Å². The molecule has 3 heterocycles. The average Bonchev–Trinajstić information content (AvgIpc) is 3.18. The highest BCUT2D eigenvalue weighted by atomic mass is 32.1. The molecule has 0 aliphatic heterocycles. The van der Waals surface area contributed by atoms with Gasteiger partial charge in [-0.3, -0.25) is 0 Å². The maximum Gasteiger partial charge on any atom is 0.231 e. The van der Waals surface area contributed by atoms with Crippen LogP contribution in [-0.4, -0.2) is 21.7 Å². The first-order chi connectivity index (χ1) is 13.5. The fraction of sp³-hybridized carbons (Fsp3) is 0.364. The van der Waals surface area contributed by atoms with Crippen molar-refractivity contribution in [2.24, 2.45) is 0 Å². The largest absolute Gasteiger partial charge is 0.480 e. The van der Waals surface area contributed by atoms with Crippen LogP contribution in [0.2, 0.25) is 0 Å². The van der Waals surface area contributed by atoms with E-state index >= 15 is 0 Å². The Balaban J connectivity index is 1.94. The van der Waals surface area contributed by atoms with E-state index in [4.69, 9.17) is 9.72 Å². The van der Waals surface area contributed by atoms with Crippen molar-refractivity contribution in [3.05, 3.63) is 46.9 Å². The van der Waals surface area contributed by atoms with Gasteiger partial charge in [0.25, 0.3) is 0 Å². The van der Waals surface area contributed by atoms with Crippen LogP contribution >= 0.6 is 11.3 Å². The molecular weight excluding hydrogens is 373 g/mol. The number of fused-ring (bicyclic) bond motifs is 2. The Bertz CT molecular complexity index is 1160. The van der Waals surface area contributed by atoms with E-state index in [0.29, 0.717) is 5.88 Å². The topological polar surface area (TPSA) is 39.4 Å². The van der Waals surface area contributed by atoms with Crippen molar-refractivity contribution in [3.63, 3.8) is 0 Å². The molecular formula is C22H24FN3OS. The van der Waals surface area contributed by atoms with Crippen LogP contribution in [0.5, 0.6) is 5.88 Å². The van der Waals surface area contributed by atoms with Crippen molar-refractivity contribution in [1.29, 1.82) is 0 Å². The van der Waals surface area contributed by atoms with E-state index in [1.807, 2.05) is 30.5 Å². The first-order valence-corrected chi connectivity index (χ1v) is 10.5. The van der Waals surface area contributed by atoms with E-state index < -0.39 is 0 Å². The lowest BCUT2D eigenvalue weighted by Gasteiger charge is -2.08. The number of halogens is 1. The van der Waals surface area contributed by atoms with Gasteiger partial charge in [-0.2, -0.15) is 0 Å². The zero-order valence-electron chi connectivity index (χ0n) is 16.7. The summed E-state index contributed by atoms with van der Waals surface area (Å²) in [5.74, 6) is 0.371. The number of nitrogens with zero attached hydrogens (tertiary/aromatic N) is 3. The molecule has 0 N–H and O–H groups in total. The van der Waals surface area contributed by atoms with Crippen molar-refractivity contribution in [3.8, 4) is 16.5 Å². The lowest BCUT2D eigenvalue weighted by molar-refractivity contribution is 0.389. The molecule has 4 aromatic rings. The second-order valence-electron chi connectivity index (χ2n) is 7.15. The van der Waals surface area contributed by atoms with Gasteiger partial charge in [-0.25, -0.2) is 13.9 Å². The van der Waals surface area contributed by atoms with Crippen molar-refractivity contribution in [1.82, 2.24) is 14.6 Å². The van der Waals surface area contributed by atoms with Gasteiger partial charge in [0, 0.05) is 16.3 Å². The van der Waals surface area contributed by atoms with Crippen molar-refractivity contribution in [2.45, 2.75) is 46.5 Å². The Morgan fingerprint density at radius 2 is 2.00 bits per heavy atom. The van der Waals surface area contributed by atoms with Crippen LogP contribution in [0.3, 0.4) is 0 Å². The summed E-state index contributed by atoms with van der Waals surface area (Å²) in [6.45, 7) is 6.25. The minimum atomic E-state index is -0.215. The number of methoxy groups -OCH3 is 1. The van der Waals surface area contributed by atoms with Gasteiger partial charge in [0.15, 0.2) is 5.65 Å². The van der Waals surface area contributed by atoms with Crippen molar-refractivity contribution in [2.75, 3.05) is 7.11 Å². The van der Waals surface area contributed by atoms with E-state index in [1.54, 1.807) is 24.5 Å². The molecule has 0 saturated carbocycles. The van der Waals surface area contributed by atoms with Gasteiger partial charge >= 0.3 is 0 Å². The smallest absolute Gasteiger partial charge is 0.231 e. The molecule has 4 nitrogen and oxygen atoms in total. The number of imidazole rings is 1. The maximum absolute atomic E-state index is 13.8. The third kappa shape index (κ3) is 3.15. The highest BCUT2D eigenvalue weighted by Crippen LogP contribution is 2.40. The number of thiophene rings is 1. The van der Waals surface area contributed by atoms with Crippen LogP contribution in [0.4, 0.5) is 4.39 Å². The van der Waals surface area contributed by atoms with Crippen molar-refractivity contribution < 1.29 is 9.13 Å². The third-order valence-corrected chi connectivity index (χ3v) is 6.46. The highest BCUT2D eigenvalue weighted by Gasteiger charge is 2.21. The summed E-state index contributed by atoms with van der Waals surface area (Å²) in [6.07, 6.45) is 4.42. The number of ether oxygens (including phenoxy) is 1. The fourth-order valence-corrected chi connectivity index (χ4v) is 4.97. The summed E-state index contributed by atoms with van der Waals surface area (Å²) in [5.41, 5.74) is 4.98. The van der Waals surface area contributed by atoms with E-state index in [1.165, 1.54) is 18.9 Å². The summed E-state index contributed by atoms with van der Waals surface area (Å²) in [7, 11) is 1.64. The molecule has 1 aromatic carbocycles. The van der Waals surface area contributed by atoms with Crippen LogP contribution in [-0.2, 0) is 6.42 Å². The molecule has 0 unspecified atom stereocenters. The van der Waals surface area contributed by atoms with Crippen LogP contribution in [0.15, 0.2) is 24.3 Å². The molecule has 0 bridgehead atoms. The van der Waals surface area contributed by atoms with Crippen LogP contribution < -0.4 is 4.74 Å². The first-order valence-electron chi connectivity index (χ1n) is 9.65. The molecule has 3 aromatic heterocycles. The predicted octanol–water partition coefficient (Wildman–Crippen LogP) is 6.11. The second-order valence-corrected chi connectivity index (χ2v) is 8.20. The first kappa shape index (κ1) is 18.9. The lowest BCUT2D eigenvalue weighted by atomic mass is 10.1. The zero-order valence-corrected chi connectivity index (χ0v) is 17.5. The molecule has 6 heteroatoms. The van der Waals surface area contributed by atoms with E-state index in [0.717, 1.165) is 56.0 Å². The summed E-state index contributed by atoms with van der Waals surface area (Å²) >= 11 is 1.65. The molecule has 4 rings (SSSR count). The number of aryl methyl sites for hydroxylation is 3. The molecule has 0 aliphatic carbocycles. The minimum absolute atomic E-state index is 0.215. The van der Waals surface area contributed by atoms with Crippen LogP contribution in [0.1, 0.15) is 43.0 Å². The van der Waals surface area contributed by atoms with Crippen LogP contribution in [0.25, 0.3) is 26.3 Å². The Labute approximate surface area is 168 Å². The SMILES string of the molecule is CCCCCc1cc(OC)nn2c(-c3sc4ccc(F)cc4c3C)c(C)nc12. The molecule has 0 fully saturated rings. The molecule has 0 spiro atoms. The Hall–Kier alpha value is -2.47. The molecule has 0 aliphatic rings. The monoisotopic (exact) mass is 397 g/mol. The highest BCUT2D eigenvalue weighted by molar-refractivity contribution is 7.22. The van der Waals surface area contributed by atoms with Gasteiger partial charge in [-0.05, 0) is 55.8 Å². The summed E-state index contributed by atoms with van der Waals surface area (Å²) in [6, 6.07) is 6.95. The quantitative estimate of drug-likeness (QED) is 0.369. The molecule has 0 amide bonds. The standard InChI is InChI=1S/C22H24FN3OS/c1-5-6-7-8-15-11-19(27-4)25-26-20(14(3)24-22(15)26)21-13(2)17-12-16(23)9-10-18(17)28-21/h9-12H,5-8H2,1-4H3. The number of rotatable bonds is 6. The third-order valence-electron chi connectivity index (χ3n) is 5.18. The molecule has 0 atom stereocenters. The Morgan fingerprint density at radius 1 is 1.18 bits per heavy atom. The maximum atomic E-state index is 13.8. The predicted molar refractivity (Wildman–Crippen MR) is 113 cm³/mol. The normalized spacial score (nSPS) is 11.6. The van der Waals surface area contributed by atoms with Gasteiger partial charge in [0.2, 0.25) is 5.88 Å². The van der Waals surface area contributed by atoms with Gasteiger partial charge in [0.1, 0.15) is 11.5 Å². The molecule has 28 heavy (non-hydrogen) atoms. The number of benzene rings is 1. The summed E-state index contributed by atoms with van der Waals surface area (Å²) in [4.78, 5) is 5.92. The summed E-state index contributed by atoms with van der Waals surface area (Å²) in [5, 5.41) is 5.62. The molecule has 0 radical (unpaired) electrons. The van der Waals surface area contributed by atoms with Gasteiger partial charge in [0.05, 0.1) is 17.7 Å². The number of hydrogen-bond acceptors (Lipinski definition) is 4. The minimum Gasteiger partial charge on any atom is -0.480 e.